The molecular weight excluding hydrogens is 256 g/mol. The van der Waals surface area contributed by atoms with E-state index in [2.05, 4.69) is 33.8 Å². The molecule has 0 spiro atoms. The predicted molar refractivity (Wildman–Crippen MR) is 77.4 cm³/mol. The van der Waals surface area contributed by atoms with Crippen LogP contribution in [0.5, 0.6) is 0 Å². The molecule has 0 bridgehead atoms. The van der Waals surface area contributed by atoms with Gasteiger partial charge in [-0.05, 0) is 48.4 Å². The van der Waals surface area contributed by atoms with Crippen LogP contribution in [0.1, 0.15) is 24.0 Å². The van der Waals surface area contributed by atoms with Crippen molar-refractivity contribution in [2.75, 3.05) is 5.73 Å². The van der Waals surface area contributed by atoms with Crippen LogP contribution in [0.4, 0.5) is 5.95 Å². The van der Waals surface area contributed by atoms with E-state index in [-0.39, 0.29) is 0 Å². The predicted octanol–water partition coefficient (Wildman–Crippen LogP) is 2.92. The van der Waals surface area contributed by atoms with Gasteiger partial charge >= 0.3 is 0 Å². The molecule has 5 heteroatoms. The lowest BCUT2D eigenvalue weighted by molar-refractivity contribution is 0.686. The highest BCUT2D eigenvalue weighted by Crippen LogP contribution is 2.30. The number of aromatic nitrogens is 3. The minimum atomic E-state index is 0.462. The quantitative estimate of drug-likeness (QED) is 0.739. The van der Waals surface area contributed by atoms with E-state index in [1.54, 1.807) is 11.3 Å². The topological polar surface area (TPSA) is 56.2 Å². The van der Waals surface area contributed by atoms with E-state index in [4.69, 9.17) is 5.73 Å². The van der Waals surface area contributed by atoms with E-state index in [1.165, 1.54) is 42.4 Å². The lowest BCUT2D eigenvalue weighted by Gasteiger charge is -2.16. The number of aryl methyl sites for hydroxylation is 2. The molecule has 1 aliphatic rings. The second kappa shape index (κ2) is 4.06. The second-order valence-electron chi connectivity index (χ2n) is 4.99. The number of hydrogen-bond donors (Lipinski definition) is 1. The van der Waals surface area contributed by atoms with Gasteiger partial charge in [0.25, 0.3) is 0 Å². The number of thiazole rings is 1. The SMILES string of the molecule is Nc1nnc2scc(-c3ccc4c(c3)CCCC4)n12. The Morgan fingerprint density at radius 3 is 2.84 bits per heavy atom. The molecular formula is C14H14N4S. The third-order valence-electron chi connectivity index (χ3n) is 3.82. The summed E-state index contributed by atoms with van der Waals surface area (Å²) in [5.41, 5.74) is 11.2. The van der Waals surface area contributed by atoms with Gasteiger partial charge in [-0.25, -0.2) is 0 Å². The molecule has 0 aliphatic heterocycles. The molecule has 0 saturated carbocycles. The minimum absolute atomic E-state index is 0.462. The van der Waals surface area contributed by atoms with E-state index in [0.717, 1.165) is 10.7 Å². The lowest BCUT2D eigenvalue weighted by atomic mass is 9.90. The minimum Gasteiger partial charge on any atom is -0.368 e. The maximum Gasteiger partial charge on any atom is 0.227 e. The Bertz CT molecular complexity index is 756. The van der Waals surface area contributed by atoms with Crippen molar-refractivity contribution in [1.29, 1.82) is 0 Å². The second-order valence-corrected chi connectivity index (χ2v) is 5.82. The average molecular weight is 270 g/mol. The van der Waals surface area contributed by atoms with Crippen LogP contribution in [0.2, 0.25) is 0 Å². The van der Waals surface area contributed by atoms with Gasteiger partial charge in [0.05, 0.1) is 5.69 Å². The normalized spacial score (nSPS) is 14.7. The zero-order valence-corrected chi connectivity index (χ0v) is 11.3. The fourth-order valence-electron chi connectivity index (χ4n) is 2.84. The monoisotopic (exact) mass is 270 g/mol. The largest absolute Gasteiger partial charge is 0.368 e. The van der Waals surface area contributed by atoms with Crippen LogP contribution < -0.4 is 5.73 Å². The molecule has 2 aromatic heterocycles. The van der Waals surface area contributed by atoms with Crippen LogP contribution in [0.15, 0.2) is 23.6 Å². The van der Waals surface area contributed by atoms with Gasteiger partial charge in [0.1, 0.15) is 0 Å². The molecule has 0 amide bonds. The number of hydrogen-bond acceptors (Lipinski definition) is 4. The van der Waals surface area contributed by atoms with Crippen molar-refractivity contribution in [1.82, 2.24) is 14.6 Å². The summed E-state index contributed by atoms with van der Waals surface area (Å²) in [6.45, 7) is 0. The van der Waals surface area contributed by atoms with Gasteiger partial charge in [-0.1, -0.05) is 12.1 Å². The molecule has 0 fully saturated rings. The third-order valence-corrected chi connectivity index (χ3v) is 4.64. The molecule has 4 rings (SSSR count). The van der Waals surface area contributed by atoms with Crippen molar-refractivity contribution in [3.05, 3.63) is 34.7 Å². The molecule has 3 aromatic rings. The Balaban J connectivity index is 1.90. The fraction of sp³-hybridized carbons (Fsp3) is 0.286. The van der Waals surface area contributed by atoms with Crippen LogP contribution in [-0.2, 0) is 12.8 Å². The molecule has 4 nitrogen and oxygen atoms in total. The lowest BCUT2D eigenvalue weighted by Crippen LogP contribution is -2.02. The third kappa shape index (κ3) is 1.65. The Hall–Kier alpha value is -1.88. The molecule has 2 N–H and O–H groups in total. The molecule has 19 heavy (non-hydrogen) atoms. The van der Waals surface area contributed by atoms with Gasteiger partial charge in [0, 0.05) is 5.38 Å². The van der Waals surface area contributed by atoms with Crippen molar-refractivity contribution in [2.45, 2.75) is 25.7 Å². The number of rotatable bonds is 1. The Morgan fingerprint density at radius 2 is 1.95 bits per heavy atom. The van der Waals surface area contributed by atoms with E-state index in [1.807, 2.05) is 4.40 Å². The van der Waals surface area contributed by atoms with E-state index < -0.39 is 0 Å². The maximum atomic E-state index is 5.89. The van der Waals surface area contributed by atoms with E-state index in [9.17, 15) is 0 Å². The first kappa shape index (κ1) is 11.0. The Kier molecular flexibility index (Phi) is 2.35. The van der Waals surface area contributed by atoms with Crippen LogP contribution in [0, 0.1) is 0 Å². The summed E-state index contributed by atoms with van der Waals surface area (Å²) in [7, 11) is 0. The zero-order valence-electron chi connectivity index (χ0n) is 10.5. The molecule has 0 unspecified atom stereocenters. The van der Waals surface area contributed by atoms with Gasteiger partial charge in [0.2, 0.25) is 10.9 Å². The van der Waals surface area contributed by atoms with E-state index in [0.29, 0.717) is 5.95 Å². The van der Waals surface area contributed by atoms with Gasteiger partial charge in [-0.3, -0.25) is 4.40 Å². The fourth-order valence-corrected chi connectivity index (χ4v) is 3.68. The number of anilines is 1. The first-order valence-electron chi connectivity index (χ1n) is 6.53. The van der Waals surface area contributed by atoms with Gasteiger partial charge < -0.3 is 5.73 Å². The summed E-state index contributed by atoms with van der Waals surface area (Å²) < 4.78 is 1.93. The molecule has 0 saturated heterocycles. The van der Waals surface area contributed by atoms with Crippen molar-refractivity contribution in [2.24, 2.45) is 0 Å². The van der Waals surface area contributed by atoms with Crippen LogP contribution in [0.25, 0.3) is 16.2 Å². The van der Waals surface area contributed by atoms with Crippen molar-refractivity contribution in [3.8, 4) is 11.3 Å². The standard InChI is InChI=1S/C14H14N4S/c15-13-16-17-14-18(13)12(8-19-14)11-6-5-9-3-1-2-4-10(9)7-11/h5-8H,1-4H2,(H2,15,16). The molecule has 0 atom stereocenters. The van der Waals surface area contributed by atoms with Crippen molar-refractivity contribution >= 4 is 22.2 Å². The summed E-state index contributed by atoms with van der Waals surface area (Å²) in [6, 6.07) is 6.74. The summed E-state index contributed by atoms with van der Waals surface area (Å²) in [6.07, 6.45) is 5.01. The van der Waals surface area contributed by atoms with Crippen molar-refractivity contribution < 1.29 is 0 Å². The molecule has 96 valence electrons. The Morgan fingerprint density at radius 1 is 1.11 bits per heavy atom. The first-order chi connectivity index (χ1) is 9.33. The Labute approximate surface area is 114 Å². The summed E-state index contributed by atoms with van der Waals surface area (Å²) in [5, 5.41) is 10.1. The highest BCUT2D eigenvalue weighted by atomic mass is 32.1. The first-order valence-corrected chi connectivity index (χ1v) is 7.41. The van der Waals surface area contributed by atoms with Crippen LogP contribution in [0.3, 0.4) is 0 Å². The van der Waals surface area contributed by atoms with Crippen molar-refractivity contribution in [3.63, 3.8) is 0 Å². The zero-order chi connectivity index (χ0) is 12.8. The number of nitrogens with two attached hydrogens (primary N) is 1. The highest BCUT2D eigenvalue weighted by molar-refractivity contribution is 7.15. The molecule has 1 aromatic carbocycles. The highest BCUT2D eigenvalue weighted by Gasteiger charge is 2.14. The van der Waals surface area contributed by atoms with Crippen LogP contribution in [-0.4, -0.2) is 14.6 Å². The molecule has 2 heterocycles. The van der Waals surface area contributed by atoms with Gasteiger partial charge in [0.15, 0.2) is 0 Å². The van der Waals surface area contributed by atoms with E-state index >= 15 is 0 Å². The number of benzene rings is 1. The maximum absolute atomic E-state index is 5.89. The van der Waals surface area contributed by atoms with Crippen LogP contribution >= 0.6 is 11.3 Å². The molecule has 1 aliphatic carbocycles. The van der Waals surface area contributed by atoms with Gasteiger partial charge in [-0.15, -0.1) is 21.5 Å². The van der Waals surface area contributed by atoms with Gasteiger partial charge in [-0.2, -0.15) is 0 Å². The smallest absolute Gasteiger partial charge is 0.227 e. The number of fused-ring (bicyclic) bond motifs is 2. The number of nitrogen functional groups attached to an aromatic ring is 1. The summed E-state index contributed by atoms with van der Waals surface area (Å²) in [4.78, 5) is 0.852. The average Bonchev–Trinajstić information content (AvgIpc) is 3.02. The summed E-state index contributed by atoms with van der Waals surface area (Å²) in [5.74, 6) is 0.462. The molecule has 0 radical (unpaired) electrons. The summed E-state index contributed by atoms with van der Waals surface area (Å²) >= 11 is 1.58. The number of nitrogens with zero attached hydrogens (tertiary/aromatic N) is 3.